The van der Waals surface area contributed by atoms with Gasteiger partial charge in [-0.25, -0.2) is 9.78 Å². The smallest absolute Gasteiger partial charge is 0.356 e. The van der Waals surface area contributed by atoms with Crippen LogP contribution in [0.5, 0.6) is 0 Å². The Hall–Kier alpha value is -1.88. The number of hydrogen-bond donors (Lipinski definition) is 2. The van der Waals surface area contributed by atoms with Gasteiger partial charge in [0, 0.05) is 18.7 Å². The molecule has 2 N–H and O–H groups in total. The van der Waals surface area contributed by atoms with E-state index in [9.17, 15) is 4.79 Å². The Bertz CT molecular complexity index is 548. The van der Waals surface area contributed by atoms with E-state index in [0.29, 0.717) is 11.9 Å². The quantitative estimate of drug-likeness (QED) is 0.832. The molecular weight excluding hydrogens is 218 g/mol. The molecule has 0 aliphatic carbocycles. The van der Waals surface area contributed by atoms with Gasteiger partial charge in [0.1, 0.15) is 5.82 Å². The molecule has 0 radical (unpaired) electrons. The molecule has 0 amide bonds. The van der Waals surface area contributed by atoms with Crippen molar-refractivity contribution in [2.45, 2.75) is 19.4 Å². The molecule has 5 nitrogen and oxygen atoms in total. The molecule has 2 heterocycles. The summed E-state index contributed by atoms with van der Waals surface area (Å²) in [4.78, 5) is 15.3. The van der Waals surface area contributed by atoms with Crippen LogP contribution in [-0.4, -0.2) is 33.6 Å². The summed E-state index contributed by atoms with van der Waals surface area (Å²) in [6.07, 6.45) is 2.53. The summed E-state index contributed by atoms with van der Waals surface area (Å²) < 4.78 is 1.83. The van der Waals surface area contributed by atoms with Crippen molar-refractivity contribution in [3.05, 3.63) is 35.9 Å². The van der Waals surface area contributed by atoms with Gasteiger partial charge in [0.2, 0.25) is 0 Å². The maximum atomic E-state index is 11.1. The first-order valence-corrected chi connectivity index (χ1v) is 5.50. The van der Waals surface area contributed by atoms with E-state index in [2.05, 4.69) is 10.3 Å². The van der Waals surface area contributed by atoms with E-state index in [0.717, 1.165) is 5.82 Å². The summed E-state index contributed by atoms with van der Waals surface area (Å²) in [5, 5.41) is 12.2. The number of aromatic carboxylic acids is 1. The van der Waals surface area contributed by atoms with Gasteiger partial charge in [0.05, 0.1) is 5.52 Å². The van der Waals surface area contributed by atoms with Gasteiger partial charge in [0.15, 0.2) is 5.69 Å². The number of imidazole rings is 1. The number of nitrogens with one attached hydrogen (secondary N) is 1. The number of rotatable bonds is 4. The minimum absolute atomic E-state index is 0.115. The van der Waals surface area contributed by atoms with Crippen LogP contribution in [0, 0.1) is 0 Å². The maximum Gasteiger partial charge on any atom is 0.356 e. The molecule has 5 heteroatoms. The molecule has 0 bridgehead atoms. The molecule has 17 heavy (non-hydrogen) atoms. The number of aromatic nitrogens is 2. The predicted octanol–water partition coefficient (Wildman–Crippen LogP) is 1.18. The first-order valence-electron chi connectivity index (χ1n) is 5.50. The number of hydrogen-bond acceptors (Lipinski definition) is 3. The highest BCUT2D eigenvalue weighted by Crippen LogP contribution is 2.14. The Morgan fingerprint density at radius 2 is 2.35 bits per heavy atom. The van der Waals surface area contributed by atoms with Gasteiger partial charge in [-0.05, 0) is 26.1 Å². The lowest BCUT2D eigenvalue weighted by Gasteiger charge is -2.08. The third kappa shape index (κ3) is 2.14. The minimum Gasteiger partial charge on any atom is -0.476 e. The van der Waals surface area contributed by atoms with E-state index in [1.165, 1.54) is 0 Å². The third-order valence-corrected chi connectivity index (χ3v) is 2.81. The highest BCUT2D eigenvalue weighted by atomic mass is 16.4. The van der Waals surface area contributed by atoms with Crippen LogP contribution in [-0.2, 0) is 6.42 Å². The molecule has 2 aromatic rings. The summed E-state index contributed by atoms with van der Waals surface area (Å²) in [7, 11) is 1.87. The number of carboxylic acid groups (broad SMARTS) is 1. The number of carbonyl (C=O) groups is 1. The number of pyridine rings is 1. The lowest BCUT2D eigenvalue weighted by Crippen LogP contribution is -2.24. The zero-order chi connectivity index (χ0) is 12.4. The Balaban J connectivity index is 2.52. The van der Waals surface area contributed by atoms with Gasteiger partial charge in [0.25, 0.3) is 0 Å². The van der Waals surface area contributed by atoms with Crippen molar-refractivity contribution < 1.29 is 9.90 Å². The van der Waals surface area contributed by atoms with Gasteiger partial charge in [-0.2, -0.15) is 0 Å². The largest absolute Gasteiger partial charge is 0.476 e. The van der Waals surface area contributed by atoms with Crippen LogP contribution in [0.25, 0.3) is 5.52 Å². The molecule has 0 aliphatic rings. The lowest BCUT2D eigenvalue weighted by molar-refractivity contribution is 0.0693. The van der Waals surface area contributed by atoms with E-state index < -0.39 is 5.97 Å². The topological polar surface area (TPSA) is 66.6 Å². The fourth-order valence-corrected chi connectivity index (χ4v) is 1.78. The second-order valence-corrected chi connectivity index (χ2v) is 4.03. The zero-order valence-electron chi connectivity index (χ0n) is 9.84. The van der Waals surface area contributed by atoms with Crippen LogP contribution in [0.15, 0.2) is 24.4 Å². The Kier molecular flexibility index (Phi) is 3.10. The summed E-state index contributed by atoms with van der Waals surface area (Å²) in [5.74, 6) is -0.225. The molecule has 1 unspecified atom stereocenters. The third-order valence-electron chi connectivity index (χ3n) is 2.81. The van der Waals surface area contributed by atoms with Crippen molar-refractivity contribution in [1.29, 1.82) is 0 Å². The number of carboxylic acids is 1. The molecule has 0 aliphatic heterocycles. The summed E-state index contributed by atoms with van der Waals surface area (Å²) in [5.41, 5.74) is 0.752. The van der Waals surface area contributed by atoms with Crippen molar-refractivity contribution in [1.82, 2.24) is 14.7 Å². The fourth-order valence-electron chi connectivity index (χ4n) is 1.78. The predicted molar refractivity (Wildman–Crippen MR) is 64.4 cm³/mol. The molecule has 0 saturated heterocycles. The normalized spacial score (nSPS) is 12.8. The van der Waals surface area contributed by atoms with Gasteiger partial charge in [-0.1, -0.05) is 6.07 Å². The number of nitrogens with zero attached hydrogens (tertiary/aromatic N) is 2. The van der Waals surface area contributed by atoms with Crippen LogP contribution in [0.1, 0.15) is 23.2 Å². The van der Waals surface area contributed by atoms with Gasteiger partial charge in [-0.3, -0.25) is 0 Å². The Labute approximate surface area is 99.1 Å². The molecule has 0 aromatic carbocycles. The average Bonchev–Trinajstić information content (AvgIpc) is 2.68. The van der Waals surface area contributed by atoms with E-state index in [1.807, 2.05) is 36.7 Å². The van der Waals surface area contributed by atoms with Gasteiger partial charge in [-0.15, -0.1) is 0 Å². The molecule has 2 rings (SSSR count). The highest BCUT2D eigenvalue weighted by Gasteiger charge is 2.16. The number of fused-ring (bicyclic) bond motifs is 1. The average molecular weight is 233 g/mol. The second kappa shape index (κ2) is 4.55. The van der Waals surface area contributed by atoms with Crippen LogP contribution in [0.4, 0.5) is 0 Å². The monoisotopic (exact) mass is 233 g/mol. The summed E-state index contributed by atoms with van der Waals surface area (Å²) >= 11 is 0. The molecule has 0 fully saturated rings. The Morgan fingerprint density at radius 1 is 1.59 bits per heavy atom. The van der Waals surface area contributed by atoms with E-state index in [-0.39, 0.29) is 11.7 Å². The standard InChI is InChI=1S/C12H15N3O2/c1-8(13-2)7-10-14-11(12(16)17)9-5-3-4-6-15(9)10/h3-6,8,13H,7H2,1-2H3,(H,16,17). The van der Waals surface area contributed by atoms with Gasteiger partial charge < -0.3 is 14.8 Å². The van der Waals surface area contributed by atoms with E-state index >= 15 is 0 Å². The van der Waals surface area contributed by atoms with Crippen molar-refractivity contribution >= 4 is 11.5 Å². The van der Waals surface area contributed by atoms with E-state index in [1.54, 1.807) is 6.07 Å². The first kappa shape index (κ1) is 11.6. The van der Waals surface area contributed by atoms with Crippen molar-refractivity contribution in [3.8, 4) is 0 Å². The first-order chi connectivity index (χ1) is 8.13. The minimum atomic E-state index is -0.989. The molecule has 2 aromatic heterocycles. The molecule has 0 spiro atoms. The number of likely N-dealkylation sites (N-methyl/N-ethyl adjacent to an activating group) is 1. The molecule has 0 saturated carbocycles. The molecule has 90 valence electrons. The zero-order valence-corrected chi connectivity index (χ0v) is 9.84. The van der Waals surface area contributed by atoms with Crippen LogP contribution in [0.2, 0.25) is 0 Å². The van der Waals surface area contributed by atoms with Gasteiger partial charge >= 0.3 is 5.97 Å². The van der Waals surface area contributed by atoms with Crippen molar-refractivity contribution in [2.24, 2.45) is 0 Å². The molecule has 1 atom stereocenters. The lowest BCUT2D eigenvalue weighted by atomic mass is 10.2. The second-order valence-electron chi connectivity index (χ2n) is 4.03. The van der Waals surface area contributed by atoms with Crippen LogP contribution < -0.4 is 5.32 Å². The maximum absolute atomic E-state index is 11.1. The van der Waals surface area contributed by atoms with Crippen LogP contribution >= 0.6 is 0 Å². The van der Waals surface area contributed by atoms with Crippen LogP contribution in [0.3, 0.4) is 0 Å². The Morgan fingerprint density at radius 3 is 3.00 bits per heavy atom. The summed E-state index contributed by atoms with van der Waals surface area (Å²) in [6, 6.07) is 5.70. The highest BCUT2D eigenvalue weighted by molar-refractivity contribution is 5.93. The fraction of sp³-hybridized carbons (Fsp3) is 0.333. The molecular formula is C12H15N3O2. The van der Waals surface area contributed by atoms with E-state index in [4.69, 9.17) is 5.11 Å². The summed E-state index contributed by atoms with van der Waals surface area (Å²) in [6.45, 7) is 2.03. The van der Waals surface area contributed by atoms with Crippen molar-refractivity contribution in [3.63, 3.8) is 0 Å². The SMILES string of the molecule is CNC(C)Cc1nc(C(=O)O)c2ccccn12. The van der Waals surface area contributed by atoms with Crippen molar-refractivity contribution in [2.75, 3.05) is 7.05 Å².